The van der Waals surface area contributed by atoms with Gasteiger partial charge in [-0.25, -0.2) is 15.0 Å². The summed E-state index contributed by atoms with van der Waals surface area (Å²) < 4.78 is 0. The van der Waals surface area contributed by atoms with Crippen molar-refractivity contribution in [2.45, 2.75) is 6.92 Å². The van der Waals surface area contributed by atoms with E-state index in [1.165, 1.54) is 0 Å². The fourth-order valence-electron chi connectivity index (χ4n) is 2.06. The number of rotatable bonds is 4. The van der Waals surface area contributed by atoms with E-state index in [1.54, 1.807) is 48.9 Å². The molecule has 1 aromatic carbocycles. The van der Waals surface area contributed by atoms with Crippen molar-refractivity contribution < 1.29 is 4.79 Å². The van der Waals surface area contributed by atoms with E-state index >= 15 is 0 Å². The number of amides is 1. The number of pyridine rings is 1. The van der Waals surface area contributed by atoms with Gasteiger partial charge >= 0.3 is 0 Å². The van der Waals surface area contributed by atoms with Crippen molar-refractivity contribution in [3.8, 4) is 0 Å². The molecule has 8 heteroatoms. The van der Waals surface area contributed by atoms with Crippen molar-refractivity contribution in [2.75, 3.05) is 10.6 Å². The Labute approximate surface area is 154 Å². The second-order valence-electron chi connectivity index (χ2n) is 5.19. The van der Waals surface area contributed by atoms with Crippen molar-refractivity contribution >= 4 is 46.6 Å². The lowest BCUT2D eigenvalue weighted by molar-refractivity contribution is 0.102. The summed E-state index contributed by atoms with van der Waals surface area (Å²) in [7, 11) is 0. The summed E-state index contributed by atoms with van der Waals surface area (Å²) in [6.07, 6.45) is 4.95. The lowest BCUT2D eigenvalue weighted by Crippen LogP contribution is -2.13. The molecule has 0 fully saturated rings. The third-order valence-electron chi connectivity index (χ3n) is 3.23. The van der Waals surface area contributed by atoms with Crippen LogP contribution in [0, 0.1) is 6.92 Å². The fraction of sp³-hybridized carbons (Fsp3) is 0.0588. The molecular formula is C17H13Cl2N5O. The molecular weight excluding hydrogens is 361 g/mol. The minimum atomic E-state index is -0.403. The van der Waals surface area contributed by atoms with E-state index in [0.29, 0.717) is 17.5 Å². The minimum absolute atomic E-state index is 0.221. The number of nitrogens with zero attached hydrogens (tertiary/aromatic N) is 3. The molecule has 2 aromatic heterocycles. The highest BCUT2D eigenvalue weighted by molar-refractivity contribution is 6.40. The topological polar surface area (TPSA) is 79.8 Å². The average molecular weight is 374 g/mol. The molecule has 25 heavy (non-hydrogen) atoms. The van der Waals surface area contributed by atoms with Gasteiger partial charge < -0.3 is 10.6 Å². The molecule has 0 bridgehead atoms. The molecule has 3 aromatic rings. The molecule has 0 aliphatic heterocycles. The van der Waals surface area contributed by atoms with Crippen LogP contribution in [0.5, 0.6) is 0 Å². The van der Waals surface area contributed by atoms with E-state index in [4.69, 9.17) is 23.2 Å². The van der Waals surface area contributed by atoms with Crippen LogP contribution in [-0.4, -0.2) is 20.9 Å². The fourth-order valence-corrected chi connectivity index (χ4v) is 2.63. The summed E-state index contributed by atoms with van der Waals surface area (Å²) in [5, 5.41) is 6.28. The number of aromatic nitrogens is 3. The lowest BCUT2D eigenvalue weighted by atomic mass is 10.2. The third kappa shape index (κ3) is 4.23. The van der Waals surface area contributed by atoms with E-state index in [0.717, 1.165) is 5.56 Å². The van der Waals surface area contributed by atoms with Crippen LogP contribution in [-0.2, 0) is 0 Å². The Balaban J connectivity index is 1.77. The molecule has 0 saturated heterocycles. The van der Waals surface area contributed by atoms with Gasteiger partial charge in [0.2, 0.25) is 5.95 Å². The van der Waals surface area contributed by atoms with E-state index in [-0.39, 0.29) is 15.6 Å². The molecule has 3 rings (SSSR count). The molecule has 1 amide bonds. The molecule has 0 aliphatic rings. The van der Waals surface area contributed by atoms with Gasteiger partial charge in [0.1, 0.15) is 5.82 Å². The van der Waals surface area contributed by atoms with Crippen LogP contribution in [0.3, 0.4) is 0 Å². The van der Waals surface area contributed by atoms with Gasteiger partial charge in [0.05, 0.1) is 15.6 Å². The van der Waals surface area contributed by atoms with Gasteiger partial charge in [0.25, 0.3) is 5.91 Å². The zero-order valence-corrected chi connectivity index (χ0v) is 14.6. The number of carbonyl (C=O) groups excluding carboxylic acids is 1. The van der Waals surface area contributed by atoms with Crippen LogP contribution >= 0.6 is 23.2 Å². The van der Waals surface area contributed by atoms with Crippen LogP contribution in [0.25, 0.3) is 0 Å². The van der Waals surface area contributed by atoms with Crippen molar-refractivity contribution in [3.05, 3.63) is 70.1 Å². The summed E-state index contributed by atoms with van der Waals surface area (Å²) in [6, 6.07) is 8.21. The van der Waals surface area contributed by atoms with E-state index in [9.17, 15) is 4.79 Å². The van der Waals surface area contributed by atoms with Crippen LogP contribution in [0.2, 0.25) is 10.0 Å². The third-order valence-corrected chi connectivity index (χ3v) is 3.86. The first kappa shape index (κ1) is 17.1. The average Bonchev–Trinajstić information content (AvgIpc) is 2.57. The minimum Gasteiger partial charge on any atom is -0.322 e. The maximum absolute atomic E-state index is 12.4. The number of aryl methyl sites for hydroxylation is 1. The summed E-state index contributed by atoms with van der Waals surface area (Å²) in [5.41, 5.74) is 1.71. The van der Waals surface area contributed by atoms with Gasteiger partial charge in [-0.2, -0.15) is 0 Å². The van der Waals surface area contributed by atoms with Gasteiger partial charge in [-0.15, -0.1) is 0 Å². The monoisotopic (exact) mass is 373 g/mol. The maximum Gasteiger partial charge on any atom is 0.258 e. The quantitative estimate of drug-likeness (QED) is 0.704. The number of hydrogen-bond donors (Lipinski definition) is 2. The summed E-state index contributed by atoms with van der Waals surface area (Å²) >= 11 is 12.1. The smallest absolute Gasteiger partial charge is 0.258 e. The van der Waals surface area contributed by atoms with Crippen LogP contribution in [0.15, 0.2) is 48.9 Å². The Bertz CT molecular complexity index is 895. The molecule has 2 N–H and O–H groups in total. The molecule has 2 heterocycles. The van der Waals surface area contributed by atoms with E-state index in [2.05, 4.69) is 25.6 Å². The van der Waals surface area contributed by atoms with Gasteiger partial charge in [-0.3, -0.25) is 4.79 Å². The first-order valence-electron chi connectivity index (χ1n) is 7.30. The SMILES string of the molecule is Cc1cnc(Nc2cc(NC(=O)c3c(Cl)cccc3Cl)ccn2)nc1. The largest absolute Gasteiger partial charge is 0.322 e. The second-order valence-corrected chi connectivity index (χ2v) is 6.00. The first-order chi connectivity index (χ1) is 12.0. The zero-order chi connectivity index (χ0) is 17.8. The number of halogens is 2. The summed E-state index contributed by atoms with van der Waals surface area (Å²) in [6.45, 7) is 1.90. The molecule has 126 valence electrons. The number of carbonyl (C=O) groups is 1. The molecule has 0 unspecified atom stereocenters. The second kappa shape index (κ2) is 7.46. The summed E-state index contributed by atoms with van der Waals surface area (Å²) in [4.78, 5) is 24.9. The number of benzene rings is 1. The molecule has 0 atom stereocenters. The Hall–Kier alpha value is -2.70. The normalized spacial score (nSPS) is 10.4. The highest BCUT2D eigenvalue weighted by atomic mass is 35.5. The first-order valence-corrected chi connectivity index (χ1v) is 8.05. The van der Waals surface area contributed by atoms with Gasteiger partial charge in [-0.1, -0.05) is 29.3 Å². The summed E-state index contributed by atoms with van der Waals surface area (Å²) in [5.74, 6) is 0.502. The Morgan fingerprint density at radius 1 is 1.04 bits per heavy atom. The molecule has 6 nitrogen and oxygen atoms in total. The van der Waals surface area contributed by atoms with E-state index < -0.39 is 5.91 Å². The molecule has 0 aliphatic carbocycles. The predicted octanol–water partition coefficient (Wildman–Crippen LogP) is 4.48. The van der Waals surface area contributed by atoms with Crippen molar-refractivity contribution in [1.82, 2.24) is 15.0 Å². The maximum atomic E-state index is 12.4. The Morgan fingerprint density at radius 2 is 1.72 bits per heavy atom. The standard InChI is InChI=1S/C17H13Cl2N5O/c1-10-8-21-17(22-9-10)24-14-7-11(5-6-20-14)23-16(25)15-12(18)3-2-4-13(15)19/h2-9H,1H3,(H2,20,21,22,23,24,25). The van der Waals surface area contributed by atoms with Crippen LogP contribution < -0.4 is 10.6 Å². The highest BCUT2D eigenvalue weighted by Gasteiger charge is 2.15. The molecule has 0 saturated carbocycles. The van der Waals surface area contributed by atoms with Crippen LogP contribution in [0.4, 0.5) is 17.5 Å². The Kier molecular flexibility index (Phi) is 5.11. The van der Waals surface area contributed by atoms with E-state index in [1.807, 2.05) is 6.92 Å². The van der Waals surface area contributed by atoms with Gasteiger partial charge in [-0.05, 0) is 30.7 Å². The predicted molar refractivity (Wildman–Crippen MR) is 98.7 cm³/mol. The Morgan fingerprint density at radius 3 is 2.40 bits per heavy atom. The molecule has 0 radical (unpaired) electrons. The van der Waals surface area contributed by atoms with Crippen molar-refractivity contribution in [1.29, 1.82) is 0 Å². The molecule has 0 spiro atoms. The number of anilines is 3. The number of nitrogens with one attached hydrogen (secondary N) is 2. The van der Waals surface area contributed by atoms with Crippen molar-refractivity contribution in [3.63, 3.8) is 0 Å². The lowest BCUT2D eigenvalue weighted by Gasteiger charge is -2.10. The zero-order valence-electron chi connectivity index (χ0n) is 13.1. The highest BCUT2D eigenvalue weighted by Crippen LogP contribution is 2.25. The van der Waals surface area contributed by atoms with Crippen LogP contribution in [0.1, 0.15) is 15.9 Å². The van der Waals surface area contributed by atoms with Crippen molar-refractivity contribution in [2.24, 2.45) is 0 Å². The number of hydrogen-bond acceptors (Lipinski definition) is 5. The van der Waals surface area contributed by atoms with Gasteiger partial charge in [0.15, 0.2) is 0 Å². The van der Waals surface area contributed by atoms with Gasteiger partial charge in [0, 0.05) is 30.3 Å².